The quantitative estimate of drug-likeness (QED) is 0.0489. The minimum atomic E-state index is -2.01. The number of aliphatic hydroxyl groups excluding tert-OH is 9. The monoisotopic (exact) mass is 802 g/mol. The summed E-state index contributed by atoms with van der Waals surface area (Å²) >= 11 is 0. The standard InChI is InChI=1S/C35H46O21/c36-11-20-24(44)26(46)28(48)34(51-20)56-32-27(47)25(45)21(12-37)52-35(32)55-31-29(49)33(50-8-7-15-2-5-17(40)19(42)10-15)53-22(13-38)30(31)54-23(43)6-3-14-1-4-16(39)18(41)9-14/h1-6,9-10,20-22,24-42,44-49H,7-8,11-13H2/b6-3+/t20-,21-,22-,24-,25-,26+,27+,28-,29-,30-,31-,32-,33-,34+,35+/m1/s1. The highest BCUT2D eigenvalue weighted by molar-refractivity contribution is 5.87. The zero-order chi connectivity index (χ0) is 40.8. The highest BCUT2D eigenvalue weighted by Gasteiger charge is 2.55. The summed E-state index contributed by atoms with van der Waals surface area (Å²) in [5, 5.41) is 133. The molecule has 3 heterocycles. The first-order chi connectivity index (χ1) is 26.7. The Morgan fingerprint density at radius 3 is 1.79 bits per heavy atom. The lowest BCUT2D eigenvalue weighted by atomic mass is 9.96. The maximum Gasteiger partial charge on any atom is 0.331 e. The van der Waals surface area contributed by atoms with Gasteiger partial charge in [0.05, 0.1) is 26.4 Å². The number of esters is 1. The van der Waals surface area contributed by atoms with Gasteiger partial charge in [-0.15, -0.1) is 0 Å². The lowest BCUT2D eigenvalue weighted by molar-refractivity contribution is -0.389. The molecule has 21 nitrogen and oxygen atoms in total. The Labute approximate surface area is 317 Å². The van der Waals surface area contributed by atoms with Crippen LogP contribution in [0.25, 0.3) is 6.08 Å². The second kappa shape index (κ2) is 19.1. The number of benzene rings is 2. The van der Waals surface area contributed by atoms with Crippen LogP contribution in [-0.2, 0) is 44.4 Å². The molecule has 56 heavy (non-hydrogen) atoms. The van der Waals surface area contributed by atoms with Gasteiger partial charge in [-0.05, 0) is 47.9 Å². The van der Waals surface area contributed by atoms with Crippen LogP contribution >= 0.6 is 0 Å². The number of rotatable bonds is 14. The van der Waals surface area contributed by atoms with Gasteiger partial charge in [0, 0.05) is 6.08 Å². The first-order valence-corrected chi connectivity index (χ1v) is 17.4. The molecule has 3 aliphatic rings. The van der Waals surface area contributed by atoms with E-state index in [1.54, 1.807) is 0 Å². The number of phenols is 4. The summed E-state index contributed by atoms with van der Waals surface area (Å²) in [4.78, 5) is 13.1. The van der Waals surface area contributed by atoms with E-state index in [1.165, 1.54) is 36.4 Å². The Morgan fingerprint density at radius 1 is 0.589 bits per heavy atom. The van der Waals surface area contributed by atoms with Crippen molar-refractivity contribution in [2.24, 2.45) is 0 Å². The average Bonchev–Trinajstić information content (AvgIpc) is 3.18. The van der Waals surface area contributed by atoms with E-state index in [-0.39, 0.29) is 24.3 Å². The number of ether oxygens (including phenoxy) is 7. The van der Waals surface area contributed by atoms with E-state index in [4.69, 9.17) is 33.2 Å². The molecule has 0 bridgehead atoms. The highest BCUT2D eigenvalue weighted by atomic mass is 16.8. The van der Waals surface area contributed by atoms with Crippen LogP contribution in [0.1, 0.15) is 11.1 Å². The molecular formula is C35H46O21. The van der Waals surface area contributed by atoms with Crippen molar-refractivity contribution in [3.05, 3.63) is 53.6 Å². The molecule has 0 spiro atoms. The van der Waals surface area contributed by atoms with E-state index in [0.29, 0.717) is 5.56 Å². The fourth-order valence-corrected chi connectivity index (χ4v) is 6.28. The molecule has 0 unspecified atom stereocenters. The van der Waals surface area contributed by atoms with Crippen molar-refractivity contribution < 1.29 is 104 Å². The molecule has 0 amide bonds. The number of aliphatic hydroxyl groups is 9. The maximum atomic E-state index is 13.1. The third kappa shape index (κ3) is 9.85. The van der Waals surface area contributed by atoms with Crippen LogP contribution in [0.4, 0.5) is 0 Å². The number of aromatic hydroxyl groups is 4. The smallest absolute Gasteiger partial charge is 0.331 e. The van der Waals surface area contributed by atoms with Gasteiger partial charge in [-0.3, -0.25) is 0 Å². The fraction of sp³-hybridized carbons (Fsp3) is 0.571. The van der Waals surface area contributed by atoms with Crippen LogP contribution in [0.15, 0.2) is 42.5 Å². The molecule has 5 rings (SSSR count). The summed E-state index contributed by atoms with van der Waals surface area (Å²) in [6.07, 6.45) is -24.7. The third-order valence-corrected chi connectivity index (χ3v) is 9.43. The van der Waals surface area contributed by atoms with Crippen molar-refractivity contribution in [3.8, 4) is 23.0 Å². The van der Waals surface area contributed by atoms with Gasteiger partial charge < -0.3 is 99.5 Å². The zero-order valence-corrected chi connectivity index (χ0v) is 29.4. The molecule has 21 heteroatoms. The van der Waals surface area contributed by atoms with E-state index in [1.807, 2.05) is 0 Å². The Kier molecular flexibility index (Phi) is 14.8. The predicted octanol–water partition coefficient (Wildman–Crippen LogP) is -4.22. The highest BCUT2D eigenvalue weighted by Crippen LogP contribution is 2.35. The molecule has 0 aliphatic carbocycles. The normalized spacial score (nSPS) is 36.4. The summed E-state index contributed by atoms with van der Waals surface area (Å²) < 4.78 is 40.0. The molecule has 2 aromatic rings. The summed E-state index contributed by atoms with van der Waals surface area (Å²) in [5.74, 6) is -2.75. The number of carbonyl (C=O) groups excluding carboxylic acids is 1. The summed E-state index contributed by atoms with van der Waals surface area (Å²) in [6.45, 7) is -2.80. The van der Waals surface area contributed by atoms with Gasteiger partial charge in [0.15, 0.2) is 48.0 Å². The molecule has 15 atom stereocenters. The minimum Gasteiger partial charge on any atom is -0.504 e. The van der Waals surface area contributed by atoms with Crippen molar-refractivity contribution >= 4 is 12.0 Å². The largest absolute Gasteiger partial charge is 0.504 e. The van der Waals surface area contributed by atoms with Gasteiger partial charge in [-0.25, -0.2) is 4.79 Å². The molecule has 3 saturated heterocycles. The van der Waals surface area contributed by atoms with Crippen LogP contribution in [0.2, 0.25) is 0 Å². The fourth-order valence-electron chi connectivity index (χ4n) is 6.28. The average molecular weight is 803 g/mol. The summed E-state index contributed by atoms with van der Waals surface area (Å²) in [7, 11) is 0. The molecular weight excluding hydrogens is 756 g/mol. The van der Waals surface area contributed by atoms with E-state index in [9.17, 15) is 71.2 Å². The zero-order valence-electron chi connectivity index (χ0n) is 29.4. The van der Waals surface area contributed by atoms with Gasteiger partial charge in [0.25, 0.3) is 0 Å². The van der Waals surface area contributed by atoms with Gasteiger partial charge in [0.1, 0.15) is 67.1 Å². The van der Waals surface area contributed by atoms with Gasteiger partial charge in [-0.2, -0.15) is 0 Å². The van der Waals surface area contributed by atoms with Crippen LogP contribution in [0.5, 0.6) is 23.0 Å². The summed E-state index contributed by atoms with van der Waals surface area (Å²) in [5.41, 5.74) is 0.759. The van der Waals surface area contributed by atoms with Crippen molar-refractivity contribution in [1.29, 1.82) is 0 Å². The van der Waals surface area contributed by atoms with E-state index in [2.05, 4.69) is 0 Å². The molecule has 0 aromatic heterocycles. The molecule has 0 radical (unpaired) electrons. The lowest BCUT2D eigenvalue weighted by Crippen LogP contribution is -2.67. The van der Waals surface area contributed by atoms with Gasteiger partial charge >= 0.3 is 5.97 Å². The van der Waals surface area contributed by atoms with Crippen molar-refractivity contribution in [2.45, 2.75) is 98.5 Å². The van der Waals surface area contributed by atoms with Crippen molar-refractivity contribution in [2.75, 3.05) is 26.4 Å². The number of hydrogen-bond donors (Lipinski definition) is 13. The molecule has 2 aromatic carbocycles. The molecule has 312 valence electrons. The maximum absolute atomic E-state index is 13.1. The Bertz CT molecular complexity index is 1620. The molecule has 13 N–H and O–H groups in total. The molecule has 3 fully saturated rings. The predicted molar refractivity (Wildman–Crippen MR) is 181 cm³/mol. The second-order valence-corrected chi connectivity index (χ2v) is 13.2. The van der Waals surface area contributed by atoms with Crippen LogP contribution in [0, 0.1) is 0 Å². The number of carbonyl (C=O) groups is 1. The minimum absolute atomic E-state index is 0.106. The molecule has 0 saturated carbocycles. The van der Waals surface area contributed by atoms with Gasteiger partial charge in [-0.1, -0.05) is 12.1 Å². The Balaban J connectivity index is 1.43. The van der Waals surface area contributed by atoms with E-state index >= 15 is 0 Å². The van der Waals surface area contributed by atoms with Crippen molar-refractivity contribution in [1.82, 2.24) is 0 Å². The first kappa shape index (κ1) is 43.4. The molecule has 3 aliphatic heterocycles. The topological polar surface area (TPSA) is 345 Å². The number of hydrogen-bond acceptors (Lipinski definition) is 21. The SMILES string of the molecule is O=C(/C=C/c1ccc(O)c(O)c1)O[C@H]1[C@H](O[C@@H]2O[C@H](CO)[C@@H](O)[C@H](O)[C@H]2O[C@@H]2O[C@H](CO)[C@@H](O)[C@H](O)[C@H]2O)[C@@H](O)[C@H](OCCc2ccc(O)c(O)c2)O[C@@H]1CO. The Hall–Kier alpha value is -3.75. The lowest BCUT2D eigenvalue weighted by Gasteiger charge is -2.48. The van der Waals surface area contributed by atoms with Crippen LogP contribution in [0.3, 0.4) is 0 Å². The van der Waals surface area contributed by atoms with Gasteiger partial charge in [0.2, 0.25) is 0 Å². The third-order valence-electron chi connectivity index (χ3n) is 9.43. The van der Waals surface area contributed by atoms with Crippen LogP contribution < -0.4 is 0 Å². The first-order valence-electron chi connectivity index (χ1n) is 17.4. The summed E-state index contributed by atoms with van der Waals surface area (Å²) in [6, 6.07) is 7.69. The van der Waals surface area contributed by atoms with Crippen molar-refractivity contribution in [3.63, 3.8) is 0 Å². The van der Waals surface area contributed by atoms with E-state index in [0.717, 1.165) is 12.1 Å². The second-order valence-electron chi connectivity index (χ2n) is 13.2. The van der Waals surface area contributed by atoms with E-state index < -0.39 is 135 Å². The Morgan fingerprint density at radius 2 is 1.16 bits per heavy atom. The van der Waals surface area contributed by atoms with Crippen LogP contribution in [-0.4, -0.2) is 191 Å². The number of phenolic OH excluding ortho intramolecular Hbond substituents is 4.